The van der Waals surface area contributed by atoms with Gasteiger partial charge in [0.15, 0.2) is 5.78 Å². The van der Waals surface area contributed by atoms with Gasteiger partial charge in [-0.3, -0.25) is 9.59 Å². The zero-order valence-electron chi connectivity index (χ0n) is 11.0. The number of hydrogen-bond acceptors (Lipinski definition) is 5. The van der Waals surface area contributed by atoms with Crippen molar-refractivity contribution < 1.29 is 23.9 Å². The van der Waals surface area contributed by atoms with Crippen LogP contribution in [0.1, 0.15) is 30.6 Å². The van der Waals surface area contributed by atoms with Gasteiger partial charge in [-0.05, 0) is 26.0 Å². The summed E-state index contributed by atoms with van der Waals surface area (Å²) in [7, 11) is 0. The van der Waals surface area contributed by atoms with Crippen LogP contribution in [0.25, 0.3) is 0 Å². The number of esters is 1. The van der Waals surface area contributed by atoms with E-state index in [0.717, 1.165) is 0 Å². The van der Waals surface area contributed by atoms with Gasteiger partial charge >= 0.3 is 5.97 Å². The molecule has 0 aliphatic rings. The SMILES string of the molecule is CCOC(=O)C(=O)CC(=O)c1cccc(OCC)c1. The number of carbonyl (C=O) groups excluding carboxylic acids is 3. The molecular formula is C14H16O5. The van der Waals surface area contributed by atoms with E-state index in [0.29, 0.717) is 17.9 Å². The Balaban J connectivity index is 2.70. The van der Waals surface area contributed by atoms with Gasteiger partial charge in [0.2, 0.25) is 5.78 Å². The Morgan fingerprint density at radius 3 is 2.47 bits per heavy atom. The molecule has 5 heteroatoms. The molecule has 0 saturated carbocycles. The predicted molar refractivity (Wildman–Crippen MR) is 68.2 cm³/mol. The van der Waals surface area contributed by atoms with Crippen molar-refractivity contribution in [1.82, 2.24) is 0 Å². The minimum absolute atomic E-state index is 0.110. The zero-order chi connectivity index (χ0) is 14.3. The Kier molecular flexibility index (Phi) is 5.73. The van der Waals surface area contributed by atoms with Crippen molar-refractivity contribution >= 4 is 17.5 Å². The topological polar surface area (TPSA) is 69.7 Å². The van der Waals surface area contributed by atoms with Gasteiger partial charge in [-0.1, -0.05) is 12.1 Å². The van der Waals surface area contributed by atoms with Crippen molar-refractivity contribution in [2.24, 2.45) is 0 Å². The van der Waals surface area contributed by atoms with Gasteiger partial charge < -0.3 is 9.47 Å². The molecule has 0 aliphatic heterocycles. The first-order valence-electron chi connectivity index (χ1n) is 6.04. The number of carbonyl (C=O) groups is 3. The van der Waals surface area contributed by atoms with E-state index in [2.05, 4.69) is 4.74 Å². The zero-order valence-corrected chi connectivity index (χ0v) is 11.0. The smallest absolute Gasteiger partial charge is 0.375 e. The second-order valence-electron chi connectivity index (χ2n) is 3.70. The summed E-state index contributed by atoms with van der Waals surface area (Å²) in [6, 6.07) is 6.49. The average molecular weight is 264 g/mol. The molecule has 19 heavy (non-hydrogen) atoms. The third-order valence-corrected chi connectivity index (χ3v) is 2.29. The minimum Gasteiger partial charge on any atom is -0.494 e. The number of ether oxygens (including phenoxy) is 2. The first-order valence-corrected chi connectivity index (χ1v) is 6.04. The fraction of sp³-hybridized carbons (Fsp3) is 0.357. The lowest BCUT2D eigenvalue weighted by molar-refractivity contribution is -0.153. The van der Waals surface area contributed by atoms with E-state index in [1.54, 1.807) is 31.2 Å². The fourth-order valence-electron chi connectivity index (χ4n) is 1.46. The van der Waals surface area contributed by atoms with E-state index in [9.17, 15) is 14.4 Å². The van der Waals surface area contributed by atoms with Gasteiger partial charge in [0.05, 0.1) is 19.6 Å². The van der Waals surface area contributed by atoms with Crippen molar-refractivity contribution in [2.45, 2.75) is 20.3 Å². The molecule has 0 fully saturated rings. The lowest BCUT2D eigenvalue weighted by atomic mass is 10.1. The molecule has 0 atom stereocenters. The van der Waals surface area contributed by atoms with Crippen LogP contribution in [0, 0.1) is 0 Å². The summed E-state index contributed by atoms with van der Waals surface area (Å²) in [5.74, 6) is -1.69. The van der Waals surface area contributed by atoms with Gasteiger partial charge in [0.25, 0.3) is 0 Å². The first-order chi connectivity index (χ1) is 9.08. The highest BCUT2D eigenvalue weighted by Gasteiger charge is 2.20. The third-order valence-electron chi connectivity index (χ3n) is 2.29. The molecule has 0 heterocycles. The summed E-state index contributed by atoms with van der Waals surface area (Å²) >= 11 is 0. The molecule has 0 radical (unpaired) electrons. The van der Waals surface area contributed by atoms with Crippen molar-refractivity contribution in [2.75, 3.05) is 13.2 Å². The number of hydrogen-bond donors (Lipinski definition) is 0. The summed E-state index contributed by atoms with van der Waals surface area (Å²) in [5.41, 5.74) is 0.337. The van der Waals surface area contributed by atoms with Crippen molar-refractivity contribution in [3.63, 3.8) is 0 Å². The standard InChI is InChI=1S/C14H16O5/c1-3-18-11-7-5-6-10(8-11)12(15)9-13(16)14(17)19-4-2/h5-8H,3-4,9H2,1-2H3. The highest BCUT2D eigenvalue weighted by molar-refractivity contribution is 6.38. The maximum atomic E-state index is 11.8. The van der Waals surface area contributed by atoms with Crippen LogP contribution < -0.4 is 4.74 Å². The van der Waals surface area contributed by atoms with Crippen LogP contribution >= 0.6 is 0 Å². The van der Waals surface area contributed by atoms with E-state index in [4.69, 9.17) is 4.74 Å². The molecule has 5 nitrogen and oxygen atoms in total. The molecule has 0 aliphatic carbocycles. The second kappa shape index (κ2) is 7.31. The van der Waals surface area contributed by atoms with Crippen LogP contribution in [0.5, 0.6) is 5.75 Å². The number of benzene rings is 1. The van der Waals surface area contributed by atoms with Gasteiger partial charge in [-0.25, -0.2) is 4.79 Å². The normalized spacial score (nSPS) is 9.79. The van der Waals surface area contributed by atoms with Crippen LogP contribution in [0.4, 0.5) is 0 Å². The Morgan fingerprint density at radius 1 is 1.11 bits per heavy atom. The van der Waals surface area contributed by atoms with Gasteiger partial charge in [0, 0.05) is 5.56 Å². The molecule has 1 aromatic rings. The van der Waals surface area contributed by atoms with Crippen molar-refractivity contribution in [1.29, 1.82) is 0 Å². The monoisotopic (exact) mass is 264 g/mol. The summed E-state index contributed by atoms with van der Waals surface area (Å²) in [5, 5.41) is 0. The maximum Gasteiger partial charge on any atom is 0.375 e. The van der Waals surface area contributed by atoms with E-state index in [-0.39, 0.29) is 6.61 Å². The molecule has 0 saturated heterocycles. The lowest BCUT2D eigenvalue weighted by Gasteiger charge is -2.05. The second-order valence-corrected chi connectivity index (χ2v) is 3.70. The average Bonchev–Trinajstić information content (AvgIpc) is 2.39. The summed E-state index contributed by atoms with van der Waals surface area (Å²) < 4.78 is 9.80. The largest absolute Gasteiger partial charge is 0.494 e. The Labute approximate surface area is 111 Å². The van der Waals surface area contributed by atoms with Gasteiger partial charge in [0.1, 0.15) is 5.75 Å². The highest BCUT2D eigenvalue weighted by Crippen LogP contribution is 2.14. The van der Waals surface area contributed by atoms with Gasteiger partial charge in [-0.2, -0.15) is 0 Å². The minimum atomic E-state index is -0.975. The summed E-state index contributed by atoms with van der Waals surface area (Å²) in [6.07, 6.45) is -0.492. The Hall–Kier alpha value is -2.17. The predicted octanol–water partition coefficient (Wildman–Crippen LogP) is 1.79. The first kappa shape index (κ1) is 14.9. The fourth-order valence-corrected chi connectivity index (χ4v) is 1.46. The maximum absolute atomic E-state index is 11.8. The molecule has 0 N–H and O–H groups in total. The van der Waals surface area contributed by atoms with Crippen LogP contribution in [0.3, 0.4) is 0 Å². The highest BCUT2D eigenvalue weighted by atomic mass is 16.5. The molecule has 0 unspecified atom stereocenters. The molecule has 0 amide bonds. The van der Waals surface area contributed by atoms with E-state index in [1.807, 2.05) is 6.92 Å². The number of ketones is 2. The third kappa shape index (κ3) is 4.54. The van der Waals surface area contributed by atoms with Crippen LogP contribution in [0.2, 0.25) is 0 Å². The van der Waals surface area contributed by atoms with Crippen LogP contribution in [0.15, 0.2) is 24.3 Å². The molecule has 102 valence electrons. The van der Waals surface area contributed by atoms with Crippen molar-refractivity contribution in [3.8, 4) is 5.75 Å². The lowest BCUT2D eigenvalue weighted by Crippen LogP contribution is -2.20. The van der Waals surface area contributed by atoms with Gasteiger partial charge in [-0.15, -0.1) is 0 Å². The molecule has 0 aromatic heterocycles. The molecule has 1 aromatic carbocycles. The van der Waals surface area contributed by atoms with Crippen molar-refractivity contribution in [3.05, 3.63) is 29.8 Å². The summed E-state index contributed by atoms with van der Waals surface area (Å²) in [6.45, 7) is 4.02. The van der Waals surface area contributed by atoms with E-state index >= 15 is 0 Å². The Morgan fingerprint density at radius 2 is 1.84 bits per heavy atom. The Bertz CT molecular complexity index is 478. The molecule has 0 spiro atoms. The molecular weight excluding hydrogens is 248 g/mol. The van der Waals surface area contributed by atoms with E-state index < -0.39 is 24.0 Å². The molecule has 1 rings (SSSR count). The number of rotatable bonds is 7. The molecule has 0 bridgehead atoms. The van der Waals surface area contributed by atoms with Crippen LogP contribution in [-0.2, 0) is 14.3 Å². The summed E-state index contributed by atoms with van der Waals surface area (Å²) in [4.78, 5) is 34.4. The quantitative estimate of drug-likeness (QED) is 0.325. The van der Waals surface area contributed by atoms with Crippen LogP contribution in [-0.4, -0.2) is 30.7 Å². The number of Topliss-reactive ketones (excluding diaryl/α,β-unsaturated/α-hetero) is 2. The van der Waals surface area contributed by atoms with E-state index in [1.165, 1.54) is 0 Å².